The summed E-state index contributed by atoms with van der Waals surface area (Å²) in [6.45, 7) is 2.69. The summed E-state index contributed by atoms with van der Waals surface area (Å²) in [5.41, 5.74) is -0.584. The molecule has 1 heterocycles. The van der Waals surface area contributed by atoms with Crippen molar-refractivity contribution in [3.8, 4) is 0 Å². The molecule has 5 heteroatoms. The van der Waals surface area contributed by atoms with E-state index in [0.717, 1.165) is 54.8 Å². The number of nitrogens with one attached hydrogen (secondary N) is 1. The molecule has 2 rings (SSSR count). The Kier molecular flexibility index (Phi) is 5.78. The van der Waals surface area contributed by atoms with E-state index in [0.29, 0.717) is 6.54 Å². The van der Waals surface area contributed by atoms with Gasteiger partial charge in [-0.3, -0.25) is 0 Å². The molecule has 20 heavy (non-hydrogen) atoms. The third kappa shape index (κ3) is 4.70. The first-order chi connectivity index (χ1) is 9.61. The molecule has 0 aromatic carbocycles. The van der Waals surface area contributed by atoms with Crippen molar-refractivity contribution in [3.63, 3.8) is 0 Å². The van der Waals surface area contributed by atoms with Crippen LogP contribution in [-0.4, -0.2) is 27.2 Å². The Balaban J connectivity index is 1.98. The first-order valence-corrected chi connectivity index (χ1v) is 8.40. The molecule has 1 aliphatic rings. The molecule has 0 spiro atoms. The van der Waals surface area contributed by atoms with Gasteiger partial charge >= 0.3 is 0 Å². The normalized spacial score (nSPS) is 18.6. The molecule has 0 bridgehead atoms. The average Bonchev–Trinajstić information content (AvgIpc) is 2.62. The number of rotatable bonds is 5. The van der Waals surface area contributed by atoms with Gasteiger partial charge in [-0.2, -0.15) is 0 Å². The number of aliphatic hydroxyl groups is 1. The van der Waals surface area contributed by atoms with Crippen molar-refractivity contribution in [3.05, 3.63) is 16.5 Å². The highest BCUT2D eigenvalue weighted by Crippen LogP contribution is 2.27. The Labute approximate surface area is 129 Å². The van der Waals surface area contributed by atoms with Crippen molar-refractivity contribution in [1.82, 2.24) is 9.97 Å². The fourth-order valence-corrected chi connectivity index (χ4v) is 3.13. The molecule has 1 saturated carbocycles. The standard InChI is InChI=1S/C15H24BrN3O/c1-2-7-13-18-12(16)10-14(19-13)17-11-15(20)8-5-3-4-6-9-15/h10,20H,2-9,11H2,1H3,(H,17,18,19). The number of anilines is 1. The van der Waals surface area contributed by atoms with E-state index >= 15 is 0 Å². The third-order valence-electron chi connectivity index (χ3n) is 3.85. The maximum Gasteiger partial charge on any atom is 0.132 e. The summed E-state index contributed by atoms with van der Waals surface area (Å²) in [6, 6.07) is 1.87. The van der Waals surface area contributed by atoms with Crippen LogP contribution in [0.2, 0.25) is 0 Å². The highest BCUT2D eigenvalue weighted by Gasteiger charge is 2.27. The van der Waals surface area contributed by atoms with E-state index in [-0.39, 0.29) is 0 Å². The summed E-state index contributed by atoms with van der Waals surface area (Å²) in [4.78, 5) is 8.85. The third-order valence-corrected chi connectivity index (χ3v) is 4.25. The van der Waals surface area contributed by atoms with Crippen LogP contribution in [0.4, 0.5) is 5.82 Å². The van der Waals surface area contributed by atoms with Crippen LogP contribution in [0, 0.1) is 0 Å². The van der Waals surface area contributed by atoms with Gasteiger partial charge in [-0.25, -0.2) is 9.97 Å². The predicted octanol–water partition coefficient (Wildman–Crippen LogP) is 3.69. The largest absolute Gasteiger partial charge is 0.388 e. The summed E-state index contributed by atoms with van der Waals surface area (Å²) in [5.74, 6) is 1.64. The zero-order chi connectivity index (χ0) is 14.4. The van der Waals surface area contributed by atoms with Crippen molar-refractivity contribution < 1.29 is 5.11 Å². The Bertz CT molecular complexity index is 431. The molecule has 1 aliphatic carbocycles. The molecule has 0 aliphatic heterocycles. The highest BCUT2D eigenvalue weighted by atomic mass is 79.9. The van der Waals surface area contributed by atoms with Crippen LogP contribution in [0.15, 0.2) is 10.7 Å². The smallest absolute Gasteiger partial charge is 0.132 e. The minimum absolute atomic E-state index is 0.571. The molecule has 4 nitrogen and oxygen atoms in total. The quantitative estimate of drug-likeness (QED) is 0.633. The lowest BCUT2D eigenvalue weighted by atomic mass is 9.94. The van der Waals surface area contributed by atoms with Crippen LogP contribution in [0.5, 0.6) is 0 Å². The molecule has 0 amide bonds. The fraction of sp³-hybridized carbons (Fsp3) is 0.733. The van der Waals surface area contributed by atoms with Gasteiger partial charge in [0.05, 0.1) is 5.60 Å². The van der Waals surface area contributed by atoms with Crippen molar-refractivity contribution in [2.24, 2.45) is 0 Å². The lowest BCUT2D eigenvalue weighted by Crippen LogP contribution is -2.36. The molecule has 112 valence electrons. The van der Waals surface area contributed by atoms with Crippen molar-refractivity contribution in [1.29, 1.82) is 0 Å². The Hall–Kier alpha value is -0.680. The Morgan fingerprint density at radius 1 is 1.25 bits per heavy atom. The molecule has 1 aromatic rings. The van der Waals surface area contributed by atoms with E-state index in [2.05, 4.69) is 38.1 Å². The molecule has 2 N–H and O–H groups in total. The molecule has 0 radical (unpaired) electrons. The second kappa shape index (κ2) is 7.36. The van der Waals surface area contributed by atoms with Crippen molar-refractivity contribution in [2.45, 2.75) is 63.9 Å². The summed E-state index contributed by atoms with van der Waals surface area (Å²) in [6.07, 6.45) is 8.38. The number of nitrogens with zero attached hydrogens (tertiary/aromatic N) is 2. The van der Waals surface area contributed by atoms with Crippen LogP contribution in [0.3, 0.4) is 0 Å². The van der Waals surface area contributed by atoms with Gasteiger partial charge in [0.2, 0.25) is 0 Å². The van der Waals surface area contributed by atoms with Crippen LogP contribution in [0.25, 0.3) is 0 Å². The molecule has 0 unspecified atom stereocenters. The first kappa shape index (κ1) is 15.7. The molecule has 0 saturated heterocycles. The minimum atomic E-state index is -0.584. The van der Waals surface area contributed by atoms with E-state index < -0.39 is 5.60 Å². The van der Waals surface area contributed by atoms with Crippen LogP contribution >= 0.6 is 15.9 Å². The van der Waals surface area contributed by atoms with Crippen molar-refractivity contribution >= 4 is 21.7 Å². The topological polar surface area (TPSA) is 58.0 Å². The SMILES string of the molecule is CCCc1nc(Br)cc(NCC2(O)CCCCCC2)n1. The lowest BCUT2D eigenvalue weighted by molar-refractivity contribution is 0.0380. The van der Waals surface area contributed by atoms with E-state index in [9.17, 15) is 5.11 Å². The van der Waals surface area contributed by atoms with E-state index in [1.807, 2.05) is 6.07 Å². The van der Waals surface area contributed by atoms with Crippen LogP contribution in [0.1, 0.15) is 57.7 Å². The predicted molar refractivity (Wildman–Crippen MR) is 84.9 cm³/mol. The maximum atomic E-state index is 10.6. The van der Waals surface area contributed by atoms with Gasteiger partial charge < -0.3 is 10.4 Å². The number of halogens is 1. The van der Waals surface area contributed by atoms with Gasteiger partial charge in [-0.05, 0) is 35.2 Å². The maximum absolute atomic E-state index is 10.6. The molecule has 1 aromatic heterocycles. The highest BCUT2D eigenvalue weighted by molar-refractivity contribution is 9.10. The lowest BCUT2D eigenvalue weighted by Gasteiger charge is -2.27. The Morgan fingerprint density at radius 3 is 2.60 bits per heavy atom. The average molecular weight is 342 g/mol. The van der Waals surface area contributed by atoms with E-state index in [4.69, 9.17) is 0 Å². The molecule has 0 atom stereocenters. The van der Waals surface area contributed by atoms with Gasteiger partial charge in [-0.15, -0.1) is 0 Å². The number of aromatic nitrogens is 2. The Morgan fingerprint density at radius 2 is 1.95 bits per heavy atom. The summed E-state index contributed by atoms with van der Waals surface area (Å²) in [5, 5.41) is 13.9. The zero-order valence-corrected chi connectivity index (χ0v) is 13.7. The second-order valence-corrected chi connectivity index (χ2v) is 6.55. The van der Waals surface area contributed by atoms with Crippen molar-refractivity contribution in [2.75, 3.05) is 11.9 Å². The van der Waals surface area contributed by atoms with E-state index in [1.54, 1.807) is 0 Å². The van der Waals surface area contributed by atoms with Gasteiger partial charge in [-0.1, -0.05) is 32.6 Å². The summed E-state index contributed by atoms with van der Waals surface area (Å²) < 4.78 is 0.798. The van der Waals surface area contributed by atoms with Gasteiger partial charge in [0.15, 0.2) is 0 Å². The fourth-order valence-electron chi connectivity index (χ4n) is 2.71. The van der Waals surface area contributed by atoms with Crippen LogP contribution < -0.4 is 5.32 Å². The van der Waals surface area contributed by atoms with Gasteiger partial charge in [0.1, 0.15) is 16.2 Å². The minimum Gasteiger partial charge on any atom is -0.388 e. The number of hydrogen-bond acceptors (Lipinski definition) is 4. The summed E-state index contributed by atoms with van der Waals surface area (Å²) >= 11 is 3.42. The molecular formula is C15H24BrN3O. The zero-order valence-electron chi connectivity index (χ0n) is 12.2. The molecule has 1 fully saturated rings. The molecular weight excluding hydrogens is 318 g/mol. The summed E-state index contributed by atoms with van der Waals surface area (Å²) in [7, 11) is 0. The monoisotopic (exact) mass is 341 g/mol. The number of aryl methyl sites for hydroxylation is 1. The van der Waals surface area contributed by atoms with E-state index in [1.165, 1.54) is 12.8 Å². The van der Waals surface area contributed by atoms with Crippen LogP contribution in [-0.2, 0) is 6.42 Å². The second-order valence-electron chi connectivity index (χ2n) is 5.73. The van der Waals surface area contributed by atoms with Gasteiger partial charge in [0, 0.05) is 19.0 Å². The van der Waals surface area contributed by atoms with Gasteiger partial charge in [0.25, 0.3) is 0 Å². The first-order valence-electron chi connectivity index (χ1n) is 7.61. The number of hydrogen-bond donors (Lipinski definition) is 2.